The number of halogens is 2. The molecular weight excluding hydrogens is 352 g/mol. The Morgan fingerprint density at radius 3 is 2.44 bits per heavy atom. The lowest BCUT2D eigenvalue weighted by atomic mass is 9.70. The fourth-order valence-corrected chi connectivity index (χ4v) is 3.67. The molecule has 0 bridgehead atoms. The van der Waals surface area contributed by atoms with Crippen LogP contribution in [-0.2, 0) is 10.0 Å². The molecule has 0 atom stereocenters. The molecule has 2 aromatic rings. The zero-order chi connectivity index (χ0) is 18.4. The third-order valence-corrected chi connectivity index (χ3v) is 5.26. The molecule has 1 heterocycles. The summed E-state index contributed by atoms with van der Waals surface area (Å²) < 4.78 is 51.0. The van der Waals surface area contributed by atoms with Gasteiger partial charge in [0.1, 0.15) is 22.3 Å². The molecule has 0 aliphatic heterocycles. The highest BCUT2D eigenvalue weighted by molar-refractivity contribution is 7.89. The van der Waals surface area contributed by atoms with E-state index in [9.17, 15) is 17.2 Å². The van der Waals surface area contributed by atoms with Crippen molar-refractivity contribution >= 4 is 21.8 Å². The lowest BCUT2D eigenvalue weighted by molar-refractivity contribution is 0.333. The summed E-state index contributed by atoms with van der Waals surface area (Å²) >= 11 is 0. The van der Waals surface area contributed by atoms with Gasteiger partial charge in [-0.15, -0.1) is 0 Å². The maximum Gasteiger partial charge on any atom is 0.241 e. The van der Waals surface area contributed by atoms with Crippen LogP contribution < -0.4 is 16.2 Å². The number of rotatable bonds is 4. The van der Waals surface area contributed by atoms with Crippen LogP contribution in [0.1, 0.15) is 35.9 Å². The molecule has 1 aliphatic rings. The lowest BCUT2D eigenvalue weighted by Crippen LogP contribution is -2.24. The number of nitrogens with one attached hydrogen (secondary N) is 1. The van der Waals surface area contributed by atoms with E-state index in [0.29, 0.717) is 30.4 Å². The van der Waals surface area contributed by atoms with Crippen molar-refractivity contribution < 1.29 is 17.2 Å². The van der Waals surface area contributed by atoms with E-state index >= 15 is 0 Å². The monoisotopic (exact) mass is 369 g/mol. The quantitative estimate of drug-likeness (QED) is 0.753. The second-order valence-electron chi connectivity index (χ2n) is 6.00. The average molecular weight is 369 g/mol. The van der Waals surface area contributed by atoms with Gasteiger partial charge in [0.25, 0.3) is 0 Å². The van der Waals surface area contributed by atoms with Crippen LogP contribution >= 0.6 is 0 Å². The van der Waals surface area contributed by atoms with Gasteiger partial charge in [-0.1, -0.05) is 0 Å². The maximum atomic E-state index is 14.5. The van der Waals surface area contributed by atoms with Gasteiger partial charge in [-0.05, 0) is 36.5 Å². The van der Waals surface area contributed by atoms with Gasteiger partial charge < -0.3 is 11.1 Å². The molecular formula is C15H17F2N5O2S. The SMILES string of the molecule is CNc1cc(C2CC(c3cc(F)cc(S(N)(=O)=O)c3F)C2)nc(N)n1. The van der Waals surface area contributed by atoms with Crippen molar-refractivity contribution in [3.63, 3.8) is 0 Å². The lowest BCUT2D eigenvalue weighted by Gasteiger charge is -2.35. The van der Waals surface area contributed by atoms with Gasteiger partial charge in [-0.25, -0.2) is 27.3 Å². The van der Waals surface area contributed by atoms with E-state index in [2.05, 4.69) is 15.3 Å². The molecule has 1 aromatic carbocycles. The average Bonchev–Trinajstić information content (AvgIpc) is 2.47. The minimum Gasteiger partial charge on any atom is -0.373 e. The molecule has 10 heteroatoms. The zero-order valence-corrected chi connectivity index (χ0v) is 14.1. The Kier molecular flexibility index (Phi) is 4.33. The number of primary sulfonamides is 1. The number of nitrogens with two attached hydrogens (primary N) is 2. The largest absolute Gasteiger partial charge is 0.373 e. The second kappa shape index (κ2) is 6.19. The highest BCUT2D eigenvalue weighted by Crippen LogP contribution is 2.48. The molecule has 1 aromatic heterocycles. The summed E-state index contributed by atoms with van der Waals surface area (Å²) in [5, 5.41) is 7.82. The van der Waals surface area contributed by atoms with Gasteiger partial charge in [0, 0.05) is 19.0 Å². The van der Waals surface area contributed by atoms with Gasteiger partial charge in [0.05, 0.1) is 5.69 Å². The molecule has 1 aliphatic carbocycles. The van der Waals surface area contributed by atoms with Gasteiger partial charge in [0.2, 0.25) is 16.0 Å². The summed E-state index contributed by atoms with van der Waals surface area (Å²) in [4.78, 5) is 7.35. The third-order valence-electron chi connectivity index (χ3n) is 4.35. The Morgan fingerprint density at radius 1 is 1.16 bits per heavy atom. The molecule has 7 nitrogen and oxygen atoms in total. The molecule has 1 saturated carbocycles. The number of hydrogen-bond donors (Lipinski definition) is 3. The van der Waals surface area contributed by atoms with Crippen LogP contribution in [0.15, 0.2) is 23.1 Å². The Morgan fingerprint density at radius 2 is 1.84 bits per heavy atom. The van der Waals surface area contributed by atoms with Crippen molar-refractivity contribution in [3.05, 3.63) is 41.1 Å². The van der Waals surface area contributed by atoms with E-state index in [4.69, 9.17) is 10.9 Å². The molecule has 0 spiro atoms. The van der Waals surface area contributed by atoms with Gasteiger partial charge in [0.15, 0.2) is 0 Å². The number of aromatic nitrogens is 2. The first kappa shape index (κ1) is 17.5. The van der Waals surface area contributed by atoms with Gasteiger partial charge in [-0.2, -0.15) is 4.98 Å². The first-order valence-corrected chi connectivity index (χ1v) is 9.07. The van der Waals surface area contributed by atoms with Crippen molar-refractivity contribution in [3.8, 4) is 0 Å². The number of nitrogens with zero attached hydrogens (tertiary/aromatic N) is 2. The van der Waals surface area contributed by atoms with Gasteiger partial charge >= 0.3 is 0 Å². The summed E-state index contributed by atoms with van der Waals surface area (Å²) in [5.74, 6) is -1.46. The van der Waals surface area contributed by atoms with Crippen LogP contribution in [-0.4, -0.2) is 25.4 Å². The standard InChI is InChI=1S/C15H17F2N5O2S/c1-20-13-6-11(21-15(18)22-13)8-2-7(3-8)10-4-9(16)5-12(14(10)17)25(19,23)24/h4-8H,2-3H2,1H3,(H2,19,23,24)(H3,18,20,21,22). The highest BCUT2D eigenvalue weighted by atomic mass is 32.2. The van der Waals surface area contributed by atoms with Crippen LogP contribution in [0.2, 0.25) is 0 Å². The van der Waals surface area contributed by atoms with Crippen molar-refractivity contribution in [2.75, 3.05) is 18.1 Å². The molecule has 0 amide bonds. The highest BCUT2D eigenvalue weighted by Gasteiger charge is 2.36. The zero-order valence-electron chi connectivity index (χ0n) is 13.3. The number of hydrogen-bond acceptors (Lipinski definition) is 6. The van der Waals surface area contributed by atoms with E-state index in [0.717, 1.165) is 6.07 Å². The number of nitrogen functional groups attached to an aromatic ring is 1. The summed E-state index contributed by atoms with van der Waals surface area (Å²) in [6.45, 7) is 0. The van der Waals surface area contributed by atoms with Crippen LogP contribution in [0.25, 0.3) is 0 Å². The van der Waals surface area contributed by atoms with E-state index in [-0.39, 0.29) is 23.3 Å². The van der Waals surface area contributed by atoms with Crippen LogP contribution in [0, 0.1) is 11.6 Å². The minimum atomic E-state index is -4.34. The molecule has 134 valence electrons. The molecule has 1 fully saturated rings. The number of sulfonamides is 1. The third kappa shape index (κ3) is 3.40. The summed E-state index contributed by atoms with van der Waals surface area (Å²) in [6.07, 6.45) is 0.980. The van der Waals surface area contributed by atoms with Gasteiger partial charge in [-0.3, -0.25) is 0 Å². The van der Waals surface area contributed by atoms with Crippen LogP contribution in [0.3, 0.4) is 0 Å². The van der Waals surface area contributed by atoms with Crippen molar-refractivity contribution in [1.29, 1.82) is 0 Å². The summed E-state index contributed by atoms with van der Waals surface area (Å²) in [6, 6.07) is 3.35. The van der Waals surface area contributed by atoms with E-state index in [1.54, 1.807) is 13.1 Å². The predicted molar refractivity (Wildman–Crippen MR) is 88.4 cm³/mol. The smallest absolute Gasteiger partial charge is 0.241 e. The maximum absolute atomic E-state index is 14.5. The normalized spacial score (nSPS) is 20.2. The molecule has 0 unspecified atom stereocenters. The van der Waals surface area contributed by atoms with Crippen molar-refractivity contribution in [1.82, 2.24) is 9.97 Å². The summed E-state index contributed by atoms with van der Waals surface area (Å²) in [7, 11) is -2.64. The topological polar surface area (TPSA) is 124 Å². The number of anilines is 2. The Labute approximate surface area is 143 Å². The van der Waals surface area contributed by atoms with Crippen molar-refractivity contribution in [2.24, 2.45) is 5.14 Å². The minimum absolute atomic E-state index is 0.00278. The summed E-state index contributed by atoms with van der Waals surface area (Å²) in [5.41, 5.74) is 6.37. The molecule has 0 saturated heterocycles. The van der Waals surface area contributed by atoms with E-state index in [1.807, 2.05) is 0 Å². The Balaban J connectivity index is 1.86. The fraction of sp³-hybridized carbons (Fsp3) is 0.333. The van der Waals surface area contributed by atoms with E-state index < -0.39 is 26.6 Å². The number of benzene rings is 1. The predicted octanol–water partition coefficient (Wildman–Crippen LogP) is 1.69. The molecule has 3 rings (SSSR count). The molecule has 0 radical (unpaired) electrons. The van der Waals surface area contributed by atoms with Crippen LogP contribution in [0.5, 0.6) is 0 Å². The van der Waals surface area contributed by atoms with Crippen LogP contribution in [0.4, 0.5) is 20.5 Å². The second-order valence-corrected chi connectivity index (χ2v) is 7.53. The van der Waals surface area contributed by atoms with E-state index in [1.165, 1.54) is 0 Å². The fourth-order valence-electron chi connectivity index (χ4n) is 3.02. The Bertz CT molecular complexity index is 930. The van der Waals surface area contributed by atoms with Crippen molar-refractivity contribution in [2.45, 2.75) is 29.6 Å². The molecule has 25 heavy (non-hydrogen) atoms. The Hall–Kier alpha value is -2.33. The molecule has 5 N–H and O–H groups in total. The first-order valence-electron chi connectivity index (χ1n) is 7.53. The first-order chi connectivity index (χ1) is 11.7.